The third-order valence-electron chi connectivity index (χ3n) is 2.81. The molecule has 3 aromatic rings. The predicted octanol–water partition coefficient (Wildman–Crippen LogP) is 5.07. The van der Waals surface area contributed by atoms with Crippen molar-refractivity contribution in [2.24, 2.45) is 0 Å². The van der Waals surface area contributed by atoms with E-state index in [1.165, 1.54) is 0 Å². The molecule has 0 unspecified atom stereocenters. The molecule has 0 aliphatic heterocycles. The monoisotopic (exact) mass is 369 g/mol. The van der Waals surface area contributed by atoms with Gasteiger partial charge in [-0.2, -0.15) is 0 Å². The second-order valence-electron chi connectivity index (χ2n) is 4.25. The minimum Gasteiger partial charge on any atom is -0.350 e. The Morgan fingerprint density at radius 2 is 1.95 bits per heavy atom. The van der Waals surface area contributed by atoms with Crippen molar-refractivity contribution in [3.8, 4) is 0 Å². The highest BCUT2D eigenvalue weighted by molar-refractivity contribution is 9.10. The Balaban J connectivity index is 2.11. The van der Waals surface area contributed by atoms with Gasteiger partial charge in [-0.3, -0.25) is 9.97 Å². The van der Waals surface area contributed by atoms with Gasteiger partial charge in [-0.1, -0.05) is 11.6 Å². The quantitative estimate of drug-likeness (QED) is 0.684. The summed E-state index contributed by atoms with van der Waals surface area (Å²) in [4.78, 5) is 8.43. The van der Waals surface area contributed by atoms with Gasteiger partial charge in [-0.05, 0) is 34.1 Å². The molecule has 1 N–H and O–H groups in total. The Hall–Kier alpha value is -1.79. The number of pyridine rings is 2. The van der Waals surface area contributed by atoms with E-state index in [2.05, 4.69) is 31.2 Å². The van der Waals surface area contributed by atoms with Gasteiger partial charge >= 0.3 is 0 Å². The molecule has 0 atom stereocenters. The van der Waals surface area contributed by atoms with Crippen LogP contribution in [0.15, 0.2) is 41.1 Å². The van der Waals surface area contributed by atoms with Crippen LogP contribution in [-0.4, -0.2) is 9.97 Å². The summed E-state index contributed by atoms with van der Waals surface area (Å²) < 4.78 is 27.7. The highest BCUT2D eigenvalue weighted by Gasteiger charge is 2.12. The first kappa shape index (κ1) is 14.2. The number of hydrogen-bond donors (Lipinski definition) is 1. The first-order valence-electron chi connectivity index (χ1n) is 5.86. The van der Waals surface area contributed by atoms with Gasteiger partial charge in [0.1, 0.15) is 11.3 Å². The Kier molecular flexibility index (Phi) is 3.73. The number of nitrogens with one attached hydrogen (secondary N) is 1. The number of fused-ring (bicyclic) bond motifs is 1. The minimum atomic E-state index is -0.776. The van der Waals surface area contributed by atoms with Crippen molar-refractivity contribution >= 4 is 49.9 Å². The SMILES string of the molecule is Fc1cc(F)c(Nc2ccnc3cc(Br)cnc23)c(Cl)c1. The lowest BCUT2D eigenvalue weighted by atomic mass is 10.2. The van der Waals surface area contributed by atoms with Crippen LogP contribution >= 0.6 is 27.5 Å². The molecule has 7 heteroatoms. The summed E-state index contributed by atoms with van der Waals surface area (Å²) in [6, 6.07) is 5.24. The van der Waals surface area contributed by atoms with Crippen molar-refractivity contribution in [1.82, 2.24) is 9.97 Å². The highest BCUT2D eigenvalue weighted by Crippen LogP contribution is 2.31. The molecular weight excluding hydrogens is 364 g/mol. The van der Waals surface area contributed by atoms with Gasteiger partial charge in [0.2, 0.25) is 0 Å². The van der Waals surface area contributed by atoms with Crippen molar-refractivity contribution in [3.05, 3.63) is 57.8 Å². The van der Waals surface area contributed by atoms with Gasteiger partial charge in [-0.15, -0.1) is 0 Å². The molecule has 3 nitrogen and oxygen atoms in total. The third kappa shape index (κ3) is 2.82. The highest BCUT2D eigenvalue weighted by atomic mass is 79.9. The standard InChI is InChI=1S/C14H7BrClF2N3/c15-7-3-12-14(20-6-7)11(1-2-19-12)21-13-9(16)4-8(17)5-10(13)18/h1-6H,(H,19,21). The number of hydrogen-bond acceptors (Lipinski definition) is 3. The molecule has 106 valence electrons. The van der Waals surface area contributed by atoms with Crippen molar-refractivity contribution < 1.29 is 8.78 Å². The van der Waals surface area contributed by atoms with Crippen molar-refractivity contribution in [3.63, 3.8) is 0 Å². The summed E-state index contributed by atoms with van der Waals surface area (Å²) in [5.74, 6) is -1.51. The summed E-state index contributed by atoms with van der Waals surface area (Å²) in [6.07, 6.45) is 3.17. The summed E-state index contributed by atoms with van der Waals surface area (Å²) >= 11 is 9.18. The van der Waals surface area contributed by atoms with Crippen LogP contribution in [0.4, 0.5) is 20.2 Å². The molecule has 1 aromatic carbocycles. The van der Waals surface area contributed by atoms with Crippen LogP contribution in [0.2, 0.25) is 5.02 Å². The first-order valence-corrected chi connectivity index (χ1v) is 7.03. The molecule has 0 saturated heterocycles. The van der Waals surface area contributed by atoms with E-state index >= 15 is 0 Å². The zero-order chi connectivity index (χ0) is 15.0. The summed E-state index contributed by atoms with van der Waals surface area (Å²) in [7, 11) is 0. The van der Waals surface area contributed by atoms with Gasteiger partial charge in [0.15, 0.2) is 5.82 Å². The van der Waals surface area contributed by atoms with Gasteiger partial charge in [-0.25, -0.2) is 8.78 Å². The fraction of sp³-hybridized carbons (Fsp3) is 0. The average Bonchev–Trinajstić information content (AvgIpc) is 2.42. The van der Waals surface area contributed by atoms with E-state index in [1.54, 1.807) is 24.5 Å². The number of rotatable bonds is 2. The third-order valence-corrected chi connectivity index (χ3v) is 3.54. The minimum absolute atomic E-state index is 0.00437. The van der Waals surface area contributed by atoms with E-state index in [0.29, 0.717) is 16.7 Å². The van der Waals surface area contributed by atoms with E-state index in [4.69, 9.17) is 11.6 Å². The first-order chi connectivity index (χ1) is 10.0. The molecule has 0 radical (unpaired) electrons. The number of nitrogens with zero attached hydrogens (tertiary/aromatic N) is 2. The second-order valence-corrected chi connectivity index (χ2v) is 5.57. The average molecular weight is 371 g/mol. The van der Waals surface area contributed by atoms with Crippen LogP contribution in [-0.2, 0) is 0 Å². The van der Waals surface area contributed by atoms with Gasteiger partial charge < -0.3 is 5.32 Å². The van der Waals surface area contributed by atoms with E-state index in [1.807, 2.05) is 0 Å². The number of benzene rings is 1. The maximum atomic E-state index is 13.8. The fourth-order valence-electron chi connectivity index (χ4n) is 1.90. The number of anilines is 2. The van der Waals surface area contributed by atoms with Crippen LogP contribution in [0.25, 0.3) is 11.0 Å². The van der Waals surface area contributed by atoms with Crippen LogP contribution in [0, 0.1) is 11.6 Å². The molecule has 0 saturated carbocycles. The van der Waals surface area contributed by atoms with Gasteiger partial charge in [0.05, 0.1) is 21.9 Å². The number of aromatic nitrogens is 2. The smallest absolute Gasteiger partial charge is 0.151 e. The Bertz CT molecular complexity index is 819. The van der Waals surface area contributed by atoms with Crippen LogP contribution in [0.1, 0.15) is 0 Å². The van der Waals surface area contributed by atoms with Crippen molar-refractivity contribution in [1.29, 1.82) is 0 Å². The maximum absolute atomic E-state index is 13.8. The topological polar surface area (TPSA) is 37.8 Å². The summed E-state index contributed by atoms with van der Waals surface area (Å²) in [5, 5.41) is 2.79. The van der Waals surface area contributed by atoms with Crippen LogP contribution in [0.5, 0.6) is 0 Å². The van der Waals surface area contributed by atoms with Gasteiger partial charge in [0, 0.05) is 22.9 Å². The molecule has 0 spiro atoms. The van der Waals surface area contributed by atoms with E-state index < -0.39 is 11.6 Å². The molecule has 0 amide bonds. The molecule has 21 heavy (non-hydrogen) atoms. The summed E-state index contributed by atoms with van der Waals surface area (Å²) in [6.45, 7) is 0. The predicted molar refractivity (Wildman–Crippen MR) is 81.9 cm³/mol. The molecule has 0 aliphatic rings. The zero-order valence-electron chi connectivity index (χ0n) is 10.4. The molecule has 3 rings (SSSR count). The van der Waals surface area contributed by atoms with Crippen molar-refractivity contribution in [2.75, 3.05) is 5.32 Å². The Morgan fingerprint density at radius 3 is 2.71 bits per heavy atom. The lowest BCUT2D eigenvalue weighted by Gasteiger charge is -2.11. The van der Waals surface area contributed by atoms with E-state index in [9.17, 15) is 8.78 Å². The Morgan fingerprint density at radius 1 is 1.14 bits per heavy atom. The van der Waals surface area contributed by atoms with E-state index in [-0.39, 0.29) is 10.7 Å². The zero-order valence-corrected chi connectivity index (χ0v) is 12.7. The normalized spacial score (nSPS) is 10.9. The lowest BCUT2D eigenvalue weighted by molar-refractivity contribution is 0.586. The molecule has 0 bridgehead atoms. The Labute approximate surface area is 132 Å². The fourth-order valence-corrected chi connectivity index (χ4v) is 2.46. The molecule has 2 aromatic heterocycles. The largest absolute Gasteiger partial charge is 0.350 e. The second kappa shape index (κ2) is 5.54. The summed E-state index contributed by atoms with van der Waals surface area (Å²) in [5.41, 5.74) is 1.71. The molecule has 0 fully saturated rings. The molecular formula is C14H7BrClF2N3. The van der Waals surface area contributed by atoms with E-state index in [0.717, 1.165) is 16.6 Å². The maximum Gasteiger partial charge on any atom is 0.151 e. The lowest BCUT2D eigenvalue weighted by Crippen LogP contribution is -1.98. The number of halogens is 4. The van der Waals surface area contributed by atoms with Crippen LogP contribution < -0.4 is 5.32 Å². The molecule has 2 heterocycles. The molecule has 0 aliphatic carbocycles. The van der Waals surface area contributed by atoms with Crippen LogP contribution in [0.3, 0.4) is 0 Å². The van der Waals surface area contributed by atoms with Crippen molar-refractivity contribution in [2.45, 2.75) is 0 Å². The van der Waals surface area contributed by atoms with Gasteiger partial charge in [0.25, 0.3) is 0 Å².